The van der Waals surface area contributed by atoms with Crippen molar-refractivity contribution in [2.45, 2.75) is 38.1 Å². The van der Waals surface area contributed by atoms with Crippen LogP contribution >= 0.6 is 0 Å². The Morgan fingerprint density at radius 3 is 2.63 bits per heavy atom. The summed E-state index contributed by atoms with van der Waals surface area (Å²) in [6, 6.07) is 13.5. The molecule has 0 spiro atoms. The Bertz CT molecular complexity index is 1080. The minimum Gasteiger partial charge on any atom is -0.611 e. The second-order valence-corrected chi connectivity index (χ2v) is 8.94. The van der Waals surface area contributed by atoms with Gasteiger partial charge in [-0.2, -0.15) is 0 Å². The number of hydrogen-bond acceptors (Lipinski definition) is 5. The summed E-state index contributed by atoms with van der Waals surface area (Å²) in [6.07, 6.45) is 1.33. The highest BCUT2D eigenvalue weighted by atomic mass is 32.2. The second-order valence-electron chi connectivity index (χ2n) is 7.20. The zero-order chi connectivity index (χ0) is 21.1. The molecule has 2 heterocycles. The number of rotatable bonds is 7. The summed E-state index contributed by atoms with van der Waals surface area (Å²) in [4.78, 5) is 15.2. The standard InChI is InChI=1S/C23H22FNO4S/c1-2-30(27)21-7-3-16(4-8-21)14-29-23-15-28-20(10-22(23)26)13-25-11-17-5-6-19(24)9-18(17)12-25/h3-10,15H,2,11-14H2,1H3. The lowest BCUT2D eigenvalue weighted by atomic mass is 10.1. The first-order valence-corrected chi connectivity index (χ1v) is 11.0. The normalized spacial score (nSPS) is 14.5. The molecule has 0 saturated heterocycles. The Kier molecular flexibility index (Phi) is 6.22. The quantitative estimate of drug-likeness (QED) is 0.533. The van der Waals surface area contributed by atoms with E-state index in [1.54, 1.807) is 12.1 Å². The maximum Gasteiger partial charge on any atom is 0.227 e. The maximum absolute atomic E-state index is 13.4. The highest BCUT2D eigenvalue weighted by molar-refractivity contribution is 7.91. The predicted octanol–water partition coefficient (Wildman–Crippen LogP) is 4.00. The molecule has 0 aliphatic carbocycles. The van der Waals surface area contributed by atoms with Crippen molar-refractivity contribution >= 4 is 11.2 Å². The third-order valence-corrected chi connectivity index (χ3v) is 6.35. The first kappa shape index (κ1) is 20.7. The number of hydrogen-bond donors (Lipinski definition) is 0. The van der Waals surface area contributed by atoms with Gasteiger partial charge in [0.2, 0.25) is 11.2 Å². The van der Waals surface area contributed by atoms with E-state index in [1.807, 2.05) is 31.2 Å². The van der Waals surface area contributed by atoms with Crippen LogP contribution in [0.1, 0.15) is 29.4 Å². The Morgan fingerprint density at radius 1 is 1.13 bits per heavy atom. The molecule has 0 bridgehead atoms. The Labute approximate surface area is 177 Å². The third-order valence-electron chi connectivity index (χ3n) is 5.03. The molecule has 0 N–H and O–H groups in total. The van der Waals surface area contributed by atoms with Crippen molar-refractivity contribution in [3.05, 3.63) is 93.3 Å². The van der Waals surface area contributed by atoms with Crippen molar-refractivity contribution in [3.8, 4) is 5.75 Å². The second kappa shape index (κ2) is 9.04. The van der Waals surface area contributed by atoms with Crippen LogP contribution < -0.4 is 10.2 Å². The van der Waals surface area contributed by atoms with Crippen LogP contribution in [0.3, 0.4) is 0 Å². The van der Waals surface area contributed by atoms with Gasteiger partial charge in [0.1, 0.15) is 30.2 Å². The van der Waals surface area contributed by atoms with Crippen molar-refractivity contribution in [1.29, 1.82) is 0 Å². The fourth-order valence-electron chi connectivity index (χ4n) is 3.46. The Balaban J connectivity index is 1.35. The van der Waals surface area contributed by atoms with E-state index in [2.05, 4.69) is 4.90 Å². The molecule has 7 heteroatoms. The molecule has 0 radical (unpaired) electrons. The van der Waals surface area contributed by atoms with Crippen molar-refractivity contribution in [2.24, 2.45) is 0 Å². The molecule has 30 heavy (non-hydrogen) atoms. The lowest BCUT2D eigenvalue weighted by Gasteiger charge is -2.14. The summed E-state index contributed by atoms with van der Waals surface area (Å²) in [5, 5.41) is 0. The van der Waals surface area contributed by atoms with Gasteiger partial charge in [-0.25, -0.2) is 4.39 Å². The van der Waals surface area contributed by atoms with E-state index in [0.29, 0.717) is 31.1 Å². The number of ether oxygens (including phenoxy) is 1. The van der Waals surface area contributed by atoms with E-state index in [1.165, 1.54) is 18.4 Å². The van der Waals surface area contributed by atoms with Crippen molar-refractivity contribution in [1.82, 2.24) is 4.90 Å². The maximum atomic E-state index is 13.4. The monoisotopic (exact) mass is 427 g/mol. The number of nitrogens with zero attached hydrogens (tertiary/aromatic N) is 1. The SMILES string of the molecule is CC[S+]([O-])c1ccc(COc2coc(CN3Cc4ccc(F)cc4C3)cc2=O)cc1. The lowest BCUT2D eigenvalue weighted by molar-refractivity contribution is 0.241. The van der Waals surface area contributed by atoms with Crippen LogP contribution in [0.2, 0.25) is 0 Å². The van der Waals surface area contributed by atoms with E-state index in [9.17, 15) is 13.7 Å². The van der Waals surface area contributed by atoms with Crippen LogP contribution in [0.15, 0.2) is 68.9 Å². The molecule has 1 unspecified atom stereocenters. The smallest absolute Gasteiger partial charge is 0.227 e. The molecule has 2 aromatic carbocycles. The fourth-order valence-corrected chi connectivity index (χ4v) is 4.23. The van der Waals surface area contributed by atoms with E-state index < -0.39 is 11.2 Å². The van der Waals surface area contributed by atoms with Gasteiger partial charge in [-0.15, -0.1) is 0 Å². The van der Waals surface area contributed by atoms with Crippen LogP contribution in [0.25, 0.3) is 0 Å². The summed E-state index contributed by atoms with van der Waals surface area (Å²) in [5.41, 5.74) is 2.68. The summed E-state index contributed by atoms with van der Waals surface area (Å²) >= 11 is -0.990. The van der Waals surface area contributed by atoms with Gasteiger partial charge >= 0.3 is 0 Å². The molecule has 156 valence electrons. The molecule has 3 aromatic rings. The van der Waals surface area contributed by atoms with Crippen molar-refractivity contribution < 1.29 is 18.1 Å². The van der Waals surface area contributed by atoms with E-state index in [4.69, 9.17) is 9.15 Å². The highest BCUT2D eigenvalue weighted by Gasteiger charge is 2.20. The summed E-state index contributed by atoms with van der Waals surface area (Å²) < 4.78 is 36.4. The van der Waals surface area contributed by atoms with Gasteiger partial charge in [0.25, 0.3) is 0 Å². The van der Waals surface area contributed by atoms with Gasteiger partial charge in [-0.3, -0.25) is 9.69 Å². The van der Waals surface area contributed by atoms with Crippen LogP contribution in [0, 0.1) is 5.82 Å². The van der Waals surface area contributed by atoms with E-state index in [-0.39, 0.29) is 23.6 Å². The minimum absolute atomic E-state index is 0.145. The van der Waals surface area contributed by atoms with Crippen LogP contribution in [0.4, 0.5) is 4.39 Å². The number of benzene rings is 2. The largest absolute Gasteiger partial charge is 0.611 e. The van der Waals surface area contributed by atoms with Gasteiger partial charge in [-0.05, 0) is 59.1 Å². The molecule has 0 saturated carbocycles. The van der Waals surface area contributed by atoms with Crippen LogP contribution in [0.5, 0.6) is 5.75 Å². The van der Waals surface area contributed by atoms with Gasteiger partial charge < -0.3 is 13.7 Å². The molecule has 1 atom stereocenters. The Morgan fingerprint density at radius 2 is 1.90 bits per heavy atom. The average Bonchev–Trinajstić information content (AvgIpc) is 3.14. The molecule has 1 aromatic heterocycles. The average molecular weight is 427 g/mol. The molecule has 0 amide bonds. The molecule has 1 aliphatic rings. The predicted molar refractivity (Wildman–Crippen MR) is 112 cm³/mol. The first-order chi connectivity index (χ1) is 14.5. The molecule has 5 nitrogen and oxygen atoms in total. The highest BCUT2D eigenvalue weighted by Crippen LogP contribution is 2.25. The molecular formula is C23H22FNO4S. The van der Waals surface area contributed by atoms with Gasteiger partial charge in [0.15, 0.2) is 4.90 Å². The number of halogens is 1. The minimum atomic E-state index is -0.990. The van der Waals surface area contributed by atoms with Crippen molar-refractivity contribution in [2.75, 3.05) is 5.75 Å². The van der Waals surface area contributed by atoms with E-state index >= 15 is 0 Å². The fraction of sp³-hybridized carbons (Fsp3) is 0.261. The lowest BCUT2D eigenvalue weighted by Crippen LogP contribution is -2.17. The van der Waals surface area contributed by atoms with Gasteiger partial charge in [0.05, 0.1) is 6.54 Å². The summed E-state index contributed by atoms with van der Waals surface area (Å²) in [7, 11) is 0. The molecule has 0 fully saturated rings. The molecular weight excluding hydrogens is 405 g/mol. The third kappa shape index (κ3) is 4.75. The summed E-state index contributed by atoms with van der Waals surface area (Å²) in [5.74, 6) is 1.01. The van der Waals surface area contributed by atoms with E-state index in [0.717, 1.165) is 21.6 Å². The van der Waals surface area contributed by atoms with Crippen LogP contribution in [-0.2, 0) is 37.4 Å². The van der Waals surface area contributed by atoms with Gasteiger partial charge in [0, 0.05) is 19.2 Å². The molecule has 1 aliphatic heterocycles. The first-order valence-electron chi connectivity index (χ1n) is 9.73. The number of fused-ring (bicyclic) bond motifs is 1. The van der Waals surface area contributed by atoms with Gasteiger partial charge in [-0.1, -0.05) is 18.2 Å². The topological polar surface area (TPSA) is 65.7 Å². The Hall–Kier alpha value is -2.61. The summed E-state index contributed by atoms with van der Waals surface area (Å²) in [6.45, 7) is 3.86. The molecule has 4 rings (SSSR count). The van der Waals surface area contributed by atoms with Crippen LogP contribution in [-0.4, -0.2) is 15.2 Å². The zero-order valence-corrected chi connectivity index (χ0v) is 17.4. The zero-order valence-electron chi connectivity index (χ0n) is 16.6. The van der Waals surface area contributed by atoms with Crippen molar-refractivity contribution in [3.63, 3.8) is 0 Å².